The maximum atomic E-state index is 13.8. The maximum Gasteiger partial charge on any atom is 0.223 e. The Morgan fingerprint density at radius 3 is 3.00 bits per heavy atom. The second-order valence-corrected chi connectivity index (χ2v) is 7.10. The molecule has 0 bridgehead atoms. The summed E-state index contributed by atoms with van der Waals surface area (Å²) in [6, 6.07) is 4.97. The van der Waals surface area contributed by atoms with Crippen molar-refractivity contribution in [1.82, 2.24) is 20.2 Å². The van der Waals surface area contributed by atoms with Crippen molar-refractivity contribution < 1.29 is 9.18 Å². The molecule has 1 saturated heterocycles. The quantitative estimate of drug-likeness (QED) is 0.898. The van der Waals surface area contributed by atoms with Crippen LogP contribution in [-0.4, -0.2) is 35.1 Å². The van der Waals surface area contributed by atoms with Gasteiger partial charge in [-0.15, -0.1) is 0 Å². The lowest BCUT2D eigenvalue weighted by Gasteiger charge is -2.23. The topological polar surface area (TPSA) is 59.0 Å². The first-order chi connectivity index (χ1) is 11.6. The third kappa shape index (κ3) is 2.59. The van der Waals surface area contributed by atoms with Gasteiger partial charge in [-0.1, -0.05) is 6.07 Å². The summed E-state index contributed by atoms with van der Waals surface area (Å²) >= 11 is 0. The van der Waals surface area contributed by atoms with E-state index in [1.54, 1.807) is 6.07 Å². The van der Waals surface area contributed by atoms with Gasteiger partial charge in [0.15, 0.2) is 5.82 Å². The number of aryl methyl sites for hydroxylation is 1. The molecule has 2 aromatic rings. The Morgan fingerprint density at radius 2 is 2.25 bits per heavy atom. The fraction of sp³-hybridized carbons (Fsp3) is 0.556. The molecular formula is C18H23FN4O. The summed E-state index contributed by atoms with van der Waals surface area (Å²) in [5.74, 6) is 0.839. The number of benzene rings is 1. The molecule has 1 amide bonds. The Morgan fingerprint density at radius 1 is 1.46 bits per heavy atom. The molecule has 1 aliphatic heterocycles. The van der Waals surface area contributed by atoms with Crippen LogP contribution in [0.4, 0.5) is 4.39 Å². The van der Waals surface area contributed by atoms with E-state index in [1.807, 2.05) is 17.7 Å². The molecule has 1 aromatic carbocycles. The van der Waals surface area contributed by atoms with Gasteiger partial charge in [-0.3, -0.25) is 4.79 Å². The molecule has 5 nitrogen and oxygen atoms in total. The minimum Gasteiger partial charge on any atom is -0.355 e. The van der Waals surface area contributed by atoms with Gasteiger partial charge in [-0.25, -0.2) is 9.37 Å². The summed E-state index contributed by atoms with van der Waals surface area (Å²) in [6.07, 6.45) is 3.85. The zero-order valence-corrected chi connectivity index (χ0v) is 13.9. The Hall–Kier alpha value is -1.95. The zero-order valence-electron chi connectivity index (χ0n) is 13.9. The first-order valence-corrected chi connectivity index (χ1v) is 8.69. The Kier molecular flexibility index (Phi) is 3.79. The molecule has 1 spiro atoms. The van der Waals surface area contributed by atoms with Crippen LogP contribution in [0.25, 0.3) is 11.0 Å². The van der Waals surface area contributed by atoms with Crippen molar-refractivity contribution in [3.63, 3.8) is 0 Å². The fourth-order valence-corrected chi connectivity index (χ4v) is 4.07. The van der Waals surface area contributed by atoms with Crippen molar-refractivity contribution in [1.29, 1.82) is 0 Å². The van der Waals surface area contributed by atoms with Gasteiger partial charge in [0, 0.05) is 25.9 Å². The van der Waals surface area contributed by atoms with Crippen molar-refractivity contribution in [3.8, 4) is 0 Å². The number of para-hydroxylation sites is 1. The zero-order chi connectivity index (χ0) is 16.7. The van der Waals surface area contributed by atoms with E-state index in [1.165, 1.54) is 6.07 Å². The van der Waals surface area contributed by atoms with Crippen LogP contribution in [0.1, 0.15) is 25.1 Å². The number of imidazole rings is 1. The second kappa shape index (κ2) is 5.84. The molecule has 2 fully saturated rings. The Bertz CT molecular complexity index is 779. The first kappa shape index (κ1) is 15.6. The van der Waals surface area contributed by atoms with Gasteiger partial charge in [-0.2, -0.15) is 0 Å². The molecule has 128 valence electrons. The standard InChI is InChI=1S/C18H23FN4O/c1-23-14-4-2-3-13(19)16(14)22-15(23)5-8-21-17(24)12-11-18(12)6-9-20-10-7-18/h2-4,12,20H,5-11H2,1H3,(H,21,24). The molecule has 1 atom stereocenters. The van der Waals surface area contributed by atoms with Crippen LogP contribution in [0.5, 0.6) is 0 Å². The largest absolute Gasteiger partial charge is 0.355 e. The van der Waals surface area contributed by atoms with Crippen LogP contribution in [0.2, 0.25) is 0 Å². The summed E-state index contributed by atoms with van der Waals surface area (Å²) in [7, 11) is 1.89. The summed E-state index contributed by atoms with van der Waals surface area (Å²) in [5, 5.41) is 6.40. The van der Waals surface area contributed by atoms with E-state index in [9.17, 15) is 9.18 Å². The van der Waals surface area contributed by atoms with Crippen LogP contribution in [0.3, 0.4) is 0 Å². The van der Waals surface area contributed by atoms with Crippen molar-refractivity contribution >= 4 is 16.9 Å². The number of nitrogens with zero attached hydrogens (tertiary/aromatic N) is 2. The molecule has 4 rings (SSSR count). The smallest absolute Gasteiger partial charge is 0.223 e. The lowest BCUT2D eigenvalue weighted by atomic mass is 9.92. The van der Waals surface area contributed by atoms with Crippen LogP contribution in [-0.2, 0) is 18.3 Å². The molecule has 1 aliphatic carbocycles. The third-order valence-corrected chi connectivity index (χ3v) is 5.71. The first-order valence-electron chi connectivity index (χ1n) is 8.69. The SMILES string of the molecule is Cn1c(CCNC(=O)C2CC23CCNCC3)nc2c(F)cccc21. The highest BCUT2D eigenvalue weighted by Gasteiger charge is 2.57. The third-order valence-electron chi connectivity index (χ3n) is 5.71. The van der Waals surface area contributed by atoms with Crippen molar-refractivity contribution in [3.05, 3.63) is 29.8 Å². The summed E-state index contributed by atoms with van der Waals surface area (Å²) in [4.78, 5) is 16.7. The summed E-state index contributed by atoms with van der Waals surface area (Å²) in [6.45, 7) is 2.59. The molecular weight excluding hydrogens is 307 g/mol. The number of amides is 1. The molecule has 2 N–H and O–H groups in total. The van der Waals surface area contributed by atoms with Gasteiger partial charge in [0.25, 0.3) is 0 Å². The van der Waals surface area contributed by atoms with E-state index in [2.05, 4.69) is 15.6 Å². The fourth-order valence-electron chi connectivity index (χ4n) is 4.07. The molecule has 1 unspecified atom stereocenters. The molecule has 2 heterocycles. The monoisotopic (exact) mass is 330 g/mol. The van der Waals surface area contributed by atoms with E-state index < -0.39 is 0 Å². The highest BCUT2D eigenvalue weighted by atomic mass is 19.1. The average Bonchev–Trinajstić information content (AvgIpc) is 3.17. The second-order valence-electron chi connectivity index (χ2n) is 7.10. The van der Waals surface area contributed by atoms with E-state index in [-0.39, 0.29) is 23.1 Å². The molecule has 6 heteroatoms. The Balaban J connectivity index is 1.35. The highest BCUT2D eigenvalue weighted by molar-refractivity contribution is 5.82. The molecule has 1 saturated carbocycles. The minimum atomic E-state index is -0.302. The van der Waals surface area contributed by atoms with Gasteiger partial charge >= 0.3 is 0 Å². The number of aromatic nitrogens is 2. The van der Waals surface area contributed by atoms with Gasteiger partial charge in [0.1, 0.15) is 11.3 Å². The lowest BCUT2D eigenvalue weighted by Crippen LogP contribution is -2.34. The van der Waals surface area contributed by atoms with E-state index in [0.717, 1.165) is 43.7 Å². The summed E-state index contributed by atoms with van der Waals surface area (Å²) in [5.41, 5.74) is 1.44. The maximum absolute atomic E-state index is 13.8. The predicted octanol–water partition coefficient (Wildman–Crippen LogP) is 1.76. The minimum absolute atomic E-state index is 0.168. The normalized spacial score (nSPS) is 22.0. The molecule has 24 heavy (non-hydrogen) atoms. The highest BCUT2D eigenvalue weighted by Crippen LogP contribution is 2.58. The van der Waals surface area contributed by atoms with Crippen molar-refractivity contribution in [2.45, 2.75) is 25.7 Å². The number of hydrogen-bond donors (Lipinski definition) is 2. The predicted molar refractivity (Wildman–Crippen MR) is 90.0 cm³/mol. The number of nitrogens with one attached hydrogen (secondary N) is 2. The number of piperidine rings is 1. The number of carbonyl (C=O) groups excluding carboxylic acids is 1. The van der Waals surface area contributed by atoms with E-state index >= 15 is 0 Å². The van der Waals surface area contributed by atoms with Crippen LogP contribution in [0, 0.1) is 17.2 Å². The summed E-state index contributed by atoms with van der Waals surface area (Å²) < 4.78 is 15.7. The van der Waals surface area contributed by atoms with Gasteiger partial charge in [0.2, 0.25) is 5.91 Å². The van der Waals surface area contributed by atoms with E-state index in [0.29, 0.717) is 18.5 Å². The lowest BCUT2D eigenvalue weighted by molar-refractivity contribution is -0.123. The number of fused-ring (bicyclic) bond motifs is 1. The Labute approximate surface area is 140 Å². The molecule has 2 aliphatic rings. The van der Waals surface area contributed by atoms with Crippen LogP contribution in [0.15, 0.2) is 18.2 Å². The average molecular weight is 330 g/mol. The number of carbonyl (C=O) groups is 1. The van der Waals surface area contributed by atoms with Crippen molar-refractivity contribution in [2.75, 3.05) is 19.6 Å². The van der Waals surface area contributed by atoms with Gasteiger partial charge in [-0.05, 0) is 49.9 Å². The number of rotatable bonds is 4. The van der Waals surface area contributed by atoms with Gasteiger partial charge in [0.05, 0.1) is 5.52 Å². The number of hydrogen-bond acceptors (Lipinski definition) is 3. The van der Waals surface area contributed by atoms with E-state index in [4.69, 9.17) is 0 Å². The number of halogens is 1. The van der Waals surface area contributed by atoms with Crippen molar-refractivity contribution in [2.24, 2.45) is 18.4 Å². The molecule has 0 radical (unpaired) electrons. The molecule has 1 aromatic heterocycles. The van der Waals surface area contributed by atoms with Crippen LogP contribution < -0.4 is 10.6 Å². The van der Waals surface area contributed by atoms with Crippen LogP contribution >= 0.6 is 0 Å². The van der Waals surface area contributed by atoms with Gasteiger partial charge < -0.3 is 15.2 Å².